The van der Waals surface area contributed by atoms with E-state index in [1.165, 1.54) is 0 Å². The number of amides is 4. The number of hydrogen-bond acceptors (Lipinski definition) is 10. The van der Waals surface area contributed by atoms with Crippen LogP contribution in [0.25, 0.3) is 10.4 Å². The van der Waals surface area contributed by atoms with Gasteiger partial charge in [-0.2, -0.15) is 0 Å². The molecule has 4 fully saturated rings. The second-order valence-electron chi connectivity index (χ2n) is 20.4. The number of carbonyl (C=O) groups is 4. The zero-order valence-electron chi connectivity index (χ0n) is 37.6. The molecule has 3 aromatic rings. The molecule has 2 aromatic heterocycles. The van der Waals surface area contributed by atoms with Crippen molar-refractivity contribution >= 4 is 40.8 Å². The lowest BCUT2D eigenvalue weighted by molar-refractivity contribution is -0.144. The fourth-order valence-corrected chi connectivity index (χ4v) is 11.3. The molecular formula is C47H67N9O4S. The molecule has 13 nitrogen and oxygen atoms in total. The van der Waals surface area contributed by atoms with E-state index in [1.807, 2.05) is 64.4 Å². The number of aromatic nitrogens is 2. The standard InChI is InChI=1S/C47H67N9O4S/c1-29(31-12-14-32(15-13-31)39-30(2)50-28-61-39)51-42(59)36-11-10-18-56(36)43(60)40(45(3,4)5)52-38(57)26-48-34-23-35(24-34)54-19-21-55(22-20-54)37-17-16-33(25-49-37)41(58)53-44-46(6,7)27-47(44,8)9/h12-17,25,28-29,34-36,40,44,48H,10-11,18-24,26-27H2,1-9H3,(H,51,59)(H,52,57)(H,53,58)/t29-,34-,35-,36-,40+/m0/s1. The van der Waals surface area contributed by atoms with Crippen LogP contribution in [0.4, 0.5) is 5.82 Å². The number of likely N-dealkylation sites (tertiary alicyclic amines) is 1. The van der Waals surface area contributed by atoms with Crippen LogP contribution in [0.5, 0.6) is 0 Å². The fourth-order valence-electron chi connectivity index (χ4n) is 10.4. The Kier molecular flexibility index (Phi) is 13.0. The summed E-state index contributed by atoms with van der Waals surface area (Å²) in [4.78, 5) is 70.8. The Balaban J connectivity index is 0.831. The van der Waals surface area contributed by atoms with Crippen molar-refractivity contribution in [1.82, 2.24) is 41.0 Å². The Morgan fingerprint density at radius 2 is 1.59 bits per heavy atom. The molecule has 7 rings (SSSR count). The summed E-state index contributed by atoms with van der Waals surface area (Å²) in [6.45, 7) is 22.8. The van der Waals surface area contributed by atoms with Gasteiger partial charge in [0.1, 0.15) is 17.9 Å². The lowest BCUT2D eigenvalue weighted by atomic mass is 9.52. The van der Waals surface area contributed by atoms with Gasteiger partial charge in [0.25, 0.3) is 5.91 Å². The maximum absolute atomic E-state index is 14.1. The first-order valence-electron chi connectivity index (χ1n) is 22.2. The third kappa shape index (κ3) is 9.97. The number of carbonyl (C=O) groups excluding carboxylic acids is 4. The highest BCUT2D eigenvalue weighted by molar-refractivity contribution is 7.13. The van der Waals surface area contributed by atoms with Crippen molar-refractivity contribution in [3.8, 4) is 10.4 Å². The summed E-state index contributed by atoms with van der Waals surface area (Å²) in [6, 6.07) is 11.3. The molecule has 4 aliphatic rings. The molecule has 2 aliphatic heterocycles. The van der Waals surface area contributed by atoms with E-state index in [9.17, 15) is 19.2 Å². The molecule has 61 heavy (non-hydrogen) atoms. The van der Waals surface area contributed by atoms with Crippen LogP contribution in [-0.4, -0.2) is 113 Å². The summed E-state index contributed by atoms with van der Waals surface area (Å²) in [6.07, 6.45) is 6.02. The maximum atomic E-state index is 14.1. The van der Waals surface area contributed by atoms with E-state index in [0.29, 0.717) is 24.6 Å². The van der Waals surface area contributed by atoms with Crippen LogP contribution < -0.4 is 26.2 Å². The molecular weight excluding hydrogens is 787 g/mol. The summed E-state index contributed by atoms with van der Waals surface area (Å²) in [5, 5.41) is 12.9. The minimum absolute atomic E-state index is 0.0631. The molecule has 330 valence electrons. The average Bonchev–Trinajstić information content (AvgIpc) is 3.87. The van der Waals surface area contributed by atoms with Crippen LogP contribution in [0.1, 0.15) is 115 Å². The molecule has 2 saturated heterocycles. The highest BCUT2D eigenvalue weighted by Crippen LogP contribution is 2.53. The number of benzene rings is 1. The molecule has 2 aliphatic carbocycles. The van der Waals surface area contributed by atoms with Crippen molar-refractivity contribution in [2.45, 2.75) is 131 Å². The molecule has 0 unspecified atom stereocenters. The molecule has 4 amide bonds. The second-order valence-corrected chi connectivity index (χ2v) is 21.2. The lowest BCUT2D eigenvalue weighted by Gasteiger charge is -2.57. The van der Waals surface area contributed by atoms with Gasteiger partial charge in [-0.15, -0.1) is 11.3 Å². The van der Waals surface area contributed by atoms with Crippen molar-refractivity contribution in [1.29, 1.82) is 0 Å². The van der Waals surface area contributed by atoms with Gasteiger partial charge in [-0.05, 0) is 85.5 Å². The van der Waals surface area contributed by atoms with Crippen molar-refractivity contribution in [2.24, 2.45) is 16.2 Å². The Labute approximate surface area is 366 Å². The molecule has 3 atom stereocenters. The third-order valence-electron chi connectivity index (χ3n) is 13.6. The average molecular weight is 854 g/mol. The Morgan fingerprint density at radius 3 is 2.18 bits per heavy atom. The van der Waals surface area contributed by atoms with Crippen molar-refractivity contribution < 1.29 is 19.2 Å². The SMILES string of the molecule is Cc1ncsc1-c1ccc([C@H](C)NC(=O)[C@@H]2CCCN2C(=O)[C@@H](NC(=O)CN[C@H]2C[C@H](N3CCN(c4ccc(C(=O)NC5C(C)(C)CC5(C)C)cn4)CC3)C2)C(C)(C)C)cc1. The van der Waals surface area contributed by atoms with Gasteiger partial charge in [0.05, 0.1) is 34.2 Å². The number of hydrogen-bond donors (Lipinski definition) is 4. The van der Waals surface area contributed by atoms with E-state index < -0.39 is 17.5 Å². The zero-order valence-corrected chi connectivity index (χ0v) is 38.5. The maximum Gasteiger partial charge on any atom is 0.253 e. The quantitative estimate of drug-likeness (QED) is 0.170. The van der Waals surface area contributed by atoms with E-state index >= 15 is 0 Å². The minimum atomic E-state index is -0.768. The monoisotopic (exact) mass is 854 g/mol. The third-order valence-corrected chi connectivity index (χ3v) is 14.6. The number of nitrogens with one attached hydrogen (secondary N) is 4. The molecule has 0 radical (unpaired) electrons. The highest BCUT2D eigenvalue weighted by atomic mass is 32.1. The number of anilines is 1. The zero-order chi connectivity index (χ0) is 43.9. The van der Waals surface area contributed by atoms with Gasteiger partial charge >= 0.3 is 0 Å². The van der Waals surface area contributed by atoms with Gasteiger partial charge in [-0.3, -0.25) is 24.1 Å². The Hall–Kier alpha value is -4.40. The molecule has 1 aromatic carbocycles. The van der Waals surface area contributed by atoms with Gasteiger partial charge in [-0.25, -0.2) is 9.97 Å². The largest absolute Gasteiger partial charge is 0.354 e. The van der Waals surface area contributed by atoms with Crippen molar-refractivity contribution in [3.63, 3.8) is 0 Å². The molecule has 4 N–H and O–H groups in total. The molecule has 2 saturated carbocycles. The van der Waals surface area contributed by atoms with E-state index in [2.05, 4.69) is 80.9 Å². The Morgan fingerprint density at radius 1 is 0.902 bits per heavy atom. The molecule has 0 bridgehead atoms. The molecule has 0 spiro atoms. The predicted molar refractivity (Wildman–Crippen MR) is 241 cm³/mol. The minimum Gasteiger partial charge on any atom is -0.354 e. The summed E-state index contributed by atoms with van der Waals surface area (Å²) < 4.78 is 0. The number of aryl methyl sites for hydroxylation is 1. The first-order chi connectivity index (χ1) is 28.8. The van der Waals surface area contributed by atoms with Gasteiger partial charge in [0.2, 0.25) is 17.7 Å². The number of thiazole rings is 1. The summed E-state index contributed by atoms with van der Waals surface area (Å²) in [5.74, 6) is 0.221. The van der Waals surface area contributed by atoms with Crippen LogP contribution in [0.2, 0.25) is 0 Å². The smallest absolute Gasteiger partial charge is 0.253 e. The first-order valence-corrected chi connectivity index (χ1v) is 23.1. The summed E-state index contributed by atoms with van der Waals surface area (Å²) in [5.41, 5.74) is 5.15. The van der Waals surface area contributed by atoms with Gasteiger partial charge in [-0.1, -0.05) is 72.7 Å². The number of nitrogens with zero attached hydrogens (tertiary/aromatic N) is 5. The predicted octanol–water partition coefficient (Wildman–Crippen LogP) is 5.71. The second kappa shape index (κ2) is 17.8. The number of pyridine rings is 1. The van der Waals surface area contributed by atoms with Crippen LogP contribution in [0.3, 0.4) is 0 Å². The normalized spacial score (nSPS) is 23.7. The highest BCUT2D eigenvalue weighted by Gasteiger charge is 2.53. The van der Waals surface area contributed by atoms with Gasteiger partial charge in [0.15, 0.2) is 0 Å². The van der Waals surface area contributed by atoms with Crippen molar-refractivity contribution in [3.05, 3.63) is 64.9 Å². The van der Waals surface area contributed by atoms with Crippen molar-refractivity contribution in [2.75, 3.05) is 44.2 Å². The Bertz CT molecular complexity index is 2030. The first kappa shape index (κ1) is 44.6. The number of piperazine rings is 1. The summed E-state index contributed by atoms with van der Waals surface area (Å²) in [7, 11) is 0. The van der Waals surface area contributed by atoms with E-state index in [4.69, 9.17) is 0 Å². The summed E-state index contributed by atoms with van der Waals surface area (Å²) >= 11 is 1.61. The lowest BCUT2D eigenvalue weighted by Crippen LogP contribution is -2.63. The fraction of sp³-hybridized carbons (Fsp3) is 0.617. The topological polar surface area (TPSA) is 152 Å². The van der Waals surface area contributed by atoms with Crippen LogP contribution in [0.15, 0.2) is 48.1 Å². The van der Waals surface area contributed by atoms with Crippen LogP contribution >= 0.6 is 11.3 Å². The molecule has 14 heteroatoms. The van der Waals surface area contributed by atoms with E-state index in [0.717, 1.165) is 79.4 Å². The van der Waals surface area contributed by atoms with E-state index in [1.54, 1.807) is 22.4 Å². The van der Waals surface area contributed by atoms with Crippen LogP contribution in [-0.2, 0) is 14.4 Å². The molecule has 4 heterocycles. The van der Waals surface area contributed by atoms with Gasteiger partial charge < -0.3 is 31.1 Å². The number of rotatable bonds is 13. The van der Waals surface area contributed by atoms with E-state index in [-0.39, 0.29) is 59.1 Å². The van der Waals surface area contributed by atoms with Crippen LogP contribution in [0, 0.1) is 23.2 Å². The van der Waals surface area contributed by atoms with Gasteiger partial charge in [0, 0.05) is 57.0 Å².